The molecule has 2 heterocycles. The van der Waals surface area contributed by atoms with Gasteiger partial charge < -0.3 is 13.9 Å². The van der Waals surface area contributed by atoms with Crippen molar-refractivity contribution in [3.05, 3.63) is 65.5 Å². The maximum Gasteiger partial charge on any atom is 0.230 e. The summed E-state index contributed by atoms with van der Waals surface area (Å²) in [5.41, 5.74) is 3.09. The highest BCUT2D eigenvalue weighted by Gasteiger charge is 2.24. The SMILES string of the molecule is COc1ccccc1-c1nc(CN(C)CC2Cc3ccccc3O2)c(C)o1. The van der Waals surface area contributed by atoms with E-state index in [1.54, 1.807) is 7.11 Å². The molecule has 0 radical (unpaired) electrons. The van der Waals surface area contributed by atoms with Gasteiger partial charge in [0.05, 0.1) is 18.4 Å². The van der Waals surface area contributed by atoms with Crippen LogP contribution in [-0.2, 0) is 13.0 Å². The molecule has 1 aliphatic rings. The number of hydrogen-bond donors (Lipinski definition) is 0. The predicted molar refractivity (Wildman–Crippen MR) is 104 cm³/mol. The van der Waals surface area contributed by atoms with Crippen molar-refractivity contribution in [2.45, 2.75) is 26.0 Å². The molecule has 2 aromatic carbocycles. The maximum absolute atomic E-state index is 6.05. The Morgan fingerprint density at radius 2 is 1.93 bits per heavy atom. The number of likely N-dealkylation sites (N-methyl/N-ethyl adjacent to an activating group) is 1. The van der Waals surface area contributed by atoms with Crippen LogP contribution in [0.3, 0.4) is 0 Å². The van der Waals surface area contributed by atoms with Crippen LogP contribution in [0.25, 0.3) is 11.5 Å². The van der Waals surface area contributed by atoms with Crippen molar-refractivity contribution in [2.24, 2.45) is 0 Å². The van der Waals surface area contributed by atoms with Crippen LogP contribution in [-0.4, -0.2) is 36.7 Å². The molecule has 1 unspecified atom stereocenters. The second-order valence-electron chi connectivity index (χ2n) is 6.97. The number of nitrogens with zero attached hydrogens (tertiary/aromatic N) is 2. The zero-order valence-corrected chi connectivity index (χ0v) is 15.9. The van der Waals surface area contributed by atoms with E-state index in [0.717, 1.165) is 41.5 Å². The Labute approximate surface area is 159 Å². The van der Waals surface area contributed by atoms with Gasteiger partial charge in [-0.2, -0.15) is 0 Å². The lowest BCUT2D eigenvalue weighted by atomic mass is 10.1. The van der Waals surface area contributed by atoms with E-state index in [1.165, 1.54) is 5.56 Å². The van der Waals surface area contributed by atoms with Crippen molar-refractivity contribution in [1.29, 1.82) is 0 Å². The van der Waals surface area contributed by atoms with Crippen LogP contribution in [0.4, 0.5) is 0 Å². The average molecular weight is 364 g/mol. The Bertz CT molecular complexity index is 910. The fourth-order valence-electron chi connectivity index (χ4n) is 3.53. The number of aryl methyl sites for hydroxylation is 1. The topological polar surface area (TPSA) is 47.7 Å². The molecule has 0 saturated heterocycles. The molecular weight excluding hydrogens is 340 g/mol. The van der Waals surface area contributed by atoms with Crippen molar-refractivity contribution in [3.63, 3.8) is 0 Å². The molecule has 1 aromatic heterocycles. The van der Waals surface area contributed by atoms with Crippen LogP contribution in [0.2, 0.25) is 0 Å². The van der Waals surface area contributed by atoms with Gasteiger partial charge in [-0.25, -0.2) is 4.98 Å². The van der Waals surface area contributed by atoms with Gasteiger partial charge in [-0.3, -0.25) is 4.90 Å². The molecule has 0 saturated carbocycles. The summed E-state index contributed by atoms with van der Waals surface area (Å²) in [5, 5.41) is 0. The Morgan fingerprint density at radius 1 is 1.15 bits per heavy atom. The highest BCUT2D eigenvalue weighted by molar-refractivity contribution is 5.62. The molecule has 0 aliphatic carbocycles. The first-order valence-corrected chi connectivity index (χ1v) is 9.17. The van der Waals surface area contributed by atoms with Crippen LogP contribution < -0.4 is 9.47 Å². The highest BCUT2D eigenvalue weighted by Crippen LogP contribution is 2.31. The van der Waals surface area contributed by atoms with E-state index in [2.05, 4.69) is 24.1 Å². The first-order valence-electron chi connectivity index (χ1n) is 9.17. The summed E-state index contributed by atoms with van der Waals surface area (Å²) in [6, 6.07) is 16.0. The van der Waals surface area contributed by atoms with E-state index in [4.69, 9.17) is 18.9 Å². The molecule has 140 valence electrons. The largest absolute Gasteiger partial charge is 0.496 e. The van der Waals surface area contributed by atoms with E-state index < -0.39 is 0 Å². The lowest BCUT2D eigenvalue weighted by Crippen LogP contribution is -2.31. The second-order valence-corrected chi connectivity index (χ2v) is 6.97. The number of ether oxygens (including phenoxy) is 2. The number of aromatic nitrogens is 1. The molecule has 1 aliphatic heterocycles. The van der Waals surface area contributed by atoms with Crippen molar-refractivity contribution < 1.29 is 13.9 Å². The van der Waals surface area contributed by atoms with Gasteiger partial charge in [0.2, 0.25) is 5.89 Å². The van der Waals surface area contributed by atoms with E-state index in [9.17, 15) is 0 Å². The first-order chi connectivity index (χ1) is 13.1. The molecule has 5 nitrogen and oxygen atoms in total. The van der Waals surface area contributed by atoms with E-state index in [1.807, 2.05) is 43.3 Å². The zero-order chi connectivity index (χ0) is 18.8. The Morgan fingerprint density at radius 3 is 2.74 bits per heavy atom. The molecule has 3 aromatic rings. The van der Waals surface area contributed by atoms with Gasteiger partial charge in [-0.05, 0) is 37.7 Å². The Hall–Kier alpha value is -2.79. The van der Waals surface area contributed by atoms with Crippen molar-refractivity contribution >= 4 is 0 Å². The number of methoxy groups -OCH3 is 1. The first kappa shape index (κ1) is 17.6. The Balaban J connectivity index is 1.43. The van der Waals surface area contributed by atoms with Crippen LogP contribution in [0.5, 0.6) is 11.5 Å². The number of oxazole rings is 1. The lowest BCUT2D eigenvalue weighted by molar-refractivity contribution is 0.164. The molecule has 0 bridgehead atoms. The minimum absolute atomic E-state index is 0.174. The molecule has 0 fully saturated rings. The third kappa shape index (κ3) is 3.69. The van der Waals surface area contributed by atoms with Gasteiger partial charge in [-0.1, -0.05) is 30.3 Å². The fraction of sp³-hybridized carbons (Fsp3) is 0.318. The summed E-state index contributed by atoms with van der Waals surface area (Å²) >= 11 is 0. The van der Waals surface area contributed by atoms with Gasteiger partial charge in [0, 0.05) is 19.5 Å². The predicted octanol–water partition coefficient (Wildman–Crippen LogP) is 4.09. The number of para-hydroxylation sites is 2. The standard InChI is InChI=1S/C22H24N2O3/c1-15-19(23-22(26-15)18-9-5-7-11-21(18)25-3)14-24(2)13-17-12-16-8-4-6-10-20(16)27-17/h4-11,17H,12-14H2,1-3H3. The number of rotatable bonds is 6. The minimum atomic E-state index is 0.174. The van der Waals surface area contributed by atoms with Crippen LogP contribution in [0.1, 0.15) is 17.0 Å². The third-order valence-corrected chi connectivity index (χ3v) is 4.88. The number of fused-ring (bicyclic) bond motifs is 1. The van der Waals surface area contributed by atoms with Crippen molar-refractivity contribution in [2.75, 3.05) is 20.7 Å². The van der Waals surface area contributed by atoms with Gasteiger partial charge in [-0.15, -0.1) is 0 Å². The molecular formula is C22H24N2O3. The Kier molecular flexibility index (Phi) is 4.86. The summed E-state index contributed by atoms with van der Waals surface area (Å²) in [6.07, 6.45) is 1.12. The molecule has 1 atom stereocenters. The number of benzene rings is 2. The minimum Gasteiger partial charge on any atom is -0.496 e. The third-order valence-electron chi connectivity index (χ3n) is 4.88. The molecule has 0 N–H and O–H groups in total. The van der Waals surface area contributed by atoms with E-state index >= 15 is 0 Å². The summed E-state index contributed by atoms with van der Waals surface area (Å²) in [7, 11) is 3.74. The lowest BCUT2D eigenvalue weighted by Gasteiger charge is -2.19. The van der Waals surface area contributed by atoms with Crippen LogP contribution in [0, 0.1) is 6.92 Å². The van der Waals surface area contributed by atoms with Crippen molar-refractivity contribution in [1.82, 2.24) is 9.88 Å². The van der Waals surface area contributed by atoms with Gasteiger partial charge in [0.25, 0.3) is 0 Å². The van der Waals surface area contributed by atoms with E-state index in [-0.39, 0.29) is 6.10 Å². The van der Waals surface area contributed by atoms with Gasteiger partial charge >= 0.3 is 0 Å². The molecule has 5 heteroatoms. The number of hydrogen-bond acceptors (Lipinski definition) is 5. The summed E-state index contributed by atoms with van der Waals surface area (Å²) in [5.74, 6) is 3.19. The molecule has 0 spiro atoms. The van der Waals surface area contributed by atoms with Crippen LogP contribution in [0.15, 0.2) is 52.9 Å². The van der Waals surface area contributed by atoms with Crippen LogP contribution >= 0.6 is 0 Å². The summed E-state index contributed by atoms with van der Waals surface area (Å²) in [6.45, 7) is 3.50. The maximum atomic E-state index is 6.05. The normalized spacial score (nSPS) is 15.6. The van der Waals surface area contributed by atoms with Gasteiger partial charge in [0.15, 0.2) is 0 Å². The summed E-state index contributed by atoms with van der Waals surface area (Å²) in [4.78, 5) is 6.94. The molecule has 4 rings (SSSR count). The fourth-order valence-corrected chi connectivity index (χ4v) is 3.53. The average Bonchev–Trinajstić information content (AvgIpc) is 3.24. The quantitative estimate of drug-likeness (QED) is 0.659. The highest BCUT2D eigenvalue weighted by atomic mass is 16.5. The monoisotopic (exact) mass is 364 g/mol. The second kappa shape index (κ2) is 7.45. The summed E-state index contributed by atoms with van der Waals surface area (Å²) < 4.78 is 17.4. The zero-order valence-electron chi connectivity index (χ0n) is 15.9. The van der Waals surface area contributed by atoms with Crippen molar-refractivity contribution in [3.8, 4) is 23.0 Å². The smallest absolute Gasteiger partial charge is 0.230 e. The van der Waals surface area contributed by atoms with Gasteiger partial charge in [0.1, 0.15) is 23.4 Å². The molecule has 0 amide bonds. The van der Waals surface area contributed by atoms with E-state index in [0.29, 0.717) is 12.4 Å². The molecule has 27 heavy (non-hydrogen) atoms.